The normalized spacial score (nSPS) is 11.1. The molecule has 92 valence electrons. The first-order valence-electron chi connectivity index (χ1n) is 5.79. The fourth-order valence-corrected chi connectivity index (χ4v) is 3.04. The Morgan fingerprint density at radius 1 is 1.35 bits per heavy atom. The lowest BCUT2D eigenvalue weighted by molar-refractivity contribution is 0.594. The van der Waals surface area contributed by atoms with Gasteiger partial charge in [0.1, 0.15) is 0 Å². The van der Waals surface area contributed by atoms with Crippen LogP contribution in [-0.2, 0) is 16.3 Å². The Balaban J connectivity index is 2.83. The second-order valence-corrected chi connectivity index (χ2v) is 6.09. The highest BCUT2D eigenvalue weighted by molar-refractivity contribution is 7.91. The maximum atomic E-state index is 11.9. The second kappa shape index (κ2) is 6.41. The van der Waals surface area contributed by atoms with E-state index in [-0.39, 0.29) is 5.75 Å². The molecule has 0 bridgehead atoms. The molecule has 3 nitrogen and oxygen atoms in total. The number of benzene rings is 1. The Morgan fingerprint density at radius 2 is 2.12 bits per heavy atom. The molecule has 0 amide bonds. The van der Waals surface area contributed by atoms with Gasteiger partial charge in [0.25, 0.3) is 0 Å². The van der Waals surface area contributed by atoms with Crippen LogP contribution in [0.1, 0.15) is 31.7 Å². The van der Waals surface area contributed by atoms with Gasteiger partial charge in [0.05, 0.1) is 16.7 Å². The van der Waals surface area contributed by atoms with Crippen LogP contribution >= 0.6 is 0 Å². The number of sulfone groups is 1. The summed E-state index contributed by atoms with van der Waals surface area (Å²) < 4.78 is 23.7. The second-order valence-electron chi connectivity index (χ2n) is 3.98. The van der Waals surface area contributed by atoms with Crippen molar-refractivity contribution in [3.05, 3.63) is 29.8 Å². The van der Waals surface area contributed by atoms with E-state index < -0.39 is 9.84 Å². The first kappa shape index (κ1) is 13.7. The molecule has 0 aromatic heterocycles. The van der Waals surface area contributed by atoms with Gasteiger partial charge in [-0.25, -0.2) is 8.42 Å². The molecule has 0 saturated carbocycles. The molecule has 4 heteroatoms. The quantitative estimate of drug-likeness (QED) is 0.730. The monoisotopic (exact) mass is 251 g/mol. The number of rotatable bonds is 6. The minimum absolute atomic E-state index is 0.189. The molecular formula is C13H17NO2S. The fourth-order valence-electron chi connectivity index (χ4n) is 1.65. The molecule has 0 spiro atoms. The summed E-state index contributed by atoms with van der Waals surface area (Å²) in [5.74, 6) is 0.189. The van der Waals surface area contributed by atoms with E-state index >= 15 is 0 Å². The summed E-state index contributed by atoms with van der Waals surface area (Å²) in [6, 6.07) is 9.12. The summed E-state index contributed by atoms with van der Waals surface area (Å²) in [5.41, 5.74) is 0.984. The molecule has 0 fully saturated rings. The largest absolute Gasteiger partial charge is 0.224 e. The van der Waals surface area contributed by atoms with Crippen molar-refractivity contribution in [1.82, 2.24) is 0 Å². The average Bonchev–Trinajstić information content (AvgIpc) is 2.30. The molecule has 0 unspecified atom stereocenters. The van der Waals surface area contributed by atoms with E-state index in [0.717, 1.165) is 18.4 Å². The first-order valence-corrected chi connectivity index (χ1v) is 7.44. The van der Waals surface area contributed by atoms with Crippen molar-refractivity contribution in [1.29, 1.82) is 5.26 Å². The van der Waals surface area contributed by atoms with Gasteiger partial charge in [-0.05, 0) is 37.0 Å². The molecule has 0 aliphatic heterocycles. The van der Waals surface area contributed by atoms with Crippen LogP contribution < -0.4 is 0 Å². The maximum absolute atomic E-state index is 11.9. The molecule has 0 heterocycles. The van der Waals surface area contributed by atoms with E-state index in [2.05, 4.69) is 6.07 Å². The number of hydrogen-bond donors (Lipinski definition) is 0. The Morgan fingerprint density at radius 3 is 2.76 bits per heavy atom. The van der Waals surface area contributed by atoms with Crippen LogP contribution in [0.5, 0.6) is 0 Å². The van der Waals surface area contributed by atoms with E-state index in [0.29, 0.717) is 17.7 Å². The summed E-state index contributed by atoms with van der Waals surface area (Å²) in [4.78, 5) is 0.397. The molecule has 0 atom stereocenters. The smallest absolute Gasteiger partial charge is 0.178 e. The molecular weight excluding hydrogens is 234 g/mol. The van der Waals surface area contributed by atoms with Crippen LogP contribution in [0.3, 0.4) is 0 Å². The summed E-state index contributed by atoms with van der Waals surface area (Å²) in [6.07, 6.45) is 2.66. The van der Waals surface area contributed by atoms with Crippen molar-refractivity contribution < 1.29 is 8.42 Å². The summed E-state index contributed by atoms with van der Waals surface area (Å²) in [6.45, 7) is 1.86. The van der Waals surface area contributed by atoms with Crippen molar-refractivity contribution in [2.75, 3.05) is 5.75 Å². The standard InChI is InChI=1S/C13H17NO2S/c1-2-10-17(15,16)13-8-5-7-12(11-13)6-3-4-9-14/h5,7-8,11H,2-4,6,10H2,1H3. The van der Waals surface area contributed by atoms with E-state index in [9.17, 15) is 8.42 Å². The highest BCUT2D eigenvalue weighted by atomic mass is 32.2. The van der Waals surface area contributed by atoms with Gasteiger partial charge in [-0.2, -0.15) is 5.26 Å². The lowest BCUT2D eigenvalue weighted by Crippen LogP contribution is -2.06. The first-order chi connectivity index (χ1) is 8.10. The molecule has 0 radical (unpaired) electrons. The maximum Gasteiger partial charge on any atom is 0.178 e. The van der Waals surface area contributed by atoms with Crippen LogP contribution in [0, 0.1) is 11.3 Å². The number of nitriles is 1. The van der Waals surface area contributed by atoms with Gasteiger partial charge < -0.3 is 0 Å². The van der Waals surface area contributed by atoms with Crippen LogP contribution in [0.15, 0.2) is 29.2 Å². The minimum Gasteiger partial charge on any atom is -0.224 e. The zero-order valence-electron chi connectivity index (χ0n) is 10.0. The highest BCUT2D eigenvalue weighted by Gasteiger charge is 2.12. The van der Waals surface area contributed by atoms with E-state index in [1.165, 1.54) is 0 Å². The third-order valence-corrected chi connectivity index (χ3v) is 4.40. The minimum atomic E-state index is -3.13. The van der Waals surface area contributed by atoms with Gasteiger partial charge in [0, 0.05) is 6.42 Å². The predicted octanol–water partition coefficient (Wildman–Crippen LogP) is 2.72. The van der Waals surface area contributed by atoms with Gasteiger partial charge in [-0.15, -0.1) is 0 Å². The molecule has 0 N–H and O–H groups in total. The number of aryl methyl sites for hydroxylation is 1. The summed E-state index contributed by atoms with van der Waals surface area (Å²) in [5, 5.41) is 8.45. The van der Waals surface area contributed by atoms with Crippen LogP contribution in [0.4, 0.5) is 0 Å². The zero-order valence-corrected chi connectivity index (χ0v) is 10.8. The zero-order chi connectivity index (χ0) is 12.7. The van der Waals surface area contributed by atoms with Crippen molar-refractivity contribution >= 4 is 9.84 Å². The summed E-state index contributed by atoms with van der Waals surface area (Å²) >= 11 is 0. The van der Waals surface area contributed by atoms with Crippen LogP contribution in [0.25, 0.3) is 0 Å². The van der Waals surface area contributed by atoms with Crippen molar-refractivity contribution in [3.63, 3.8) is 0 Å². The molecule has 0 saturated heterocycles. The van der Waals surface area contributed by atoms with E-state index in [1.54, 1.807) is 18.2 Å². The number of nitrogens with zero attached hydrogens (tertiary/aromatic N) is 1. The predicted molar refractivity (Wildman–Crippen MR) is 67.3 cm³/mol. The van der Waals surface area contributed by atoms with Gasteiger partial charge in [0.15, 0.2) is 9.84 Å². The van der Waals surface area contributed by atoms with E-state index in [4.69, 9.17) is 5.26 Å². The Hall–Kier alpha value is -1.34. The Kier molecular flexibility index (Phi) is 5.17. The summed E-state index contributed by atoms with van der Waals surface area (Å²) in [7, 11) is -3.13. The molecule has 1 aromatic rings. The third-order valence-electron chi connectivity index (χ3n) is 2.48. The Labute approximate surface area is 103 Å². The molecule has 1 rings (SSSR count). The molecule has 17 heavy (non-hydrogen) atoms. The fraction of sp³-hybridized carbons (Fsp3) is 0.462. The number of hydrogen-bond acceptors (Lipinski definition) is 3. The highest BCUT2D eigenvalue weighted by Crippen LogP contribution is 2.15. The lowest BCUT2D eigenvalue weighted by atomic mass is 10.1. The van der Waals surface area contributed by atoms with Crippen molar-refractivity contribution in [2.45, 2.75) is 37.5 Å². The Bertz CT molecular complexity index is 500. The molecule has 0 aliphatic rings. The topological polar surface area (TPSA) is 57.9 Å². The third kappa shape index (κ3) is 4.20. The lowest BCUT2D eigenvalue weighted by Gasteiger charge is -2.05. The van der Waals surface area contributed by atoms with Gasteiger partial charge >= 0.3 is 0 Å². The van der Waals surface area contributed by atoms with Gasteiger partial charge in [0.2, 0.25) is 0 Å². The molecule has 1 aromatic carbocycles. The number of unbranched alkanes of at least 4 members (excludes halogenated alkanes) is 1. The van der Waals surface area contributed by atoms with Crippen LogP contribution in [-0.4, -0.2) is 14.2 Å². The van der Waals surface area contributed by atoms with Gasteiger partial charge in [-0.3, -0.25) is 0 Å². The van der Waals surface area contributed by atoms with E-state index in [1.807, 2.05) is 13.0 Å². The average molecular weight is 251 g/mol. The molecule has 0 aliphatic carbocycles. The van der Waals surface area contributed by atoms with Gasteiger partial charge in [-0.1, -0.05) is 19.1 Å². The van der Waals surface area contributed by atoms with Crippen molar-refractivity contribution in [2.24, 2.45) is 0 Å². The van der Waals surface area contributed by atoms with Crippen molar-refractivity contribution in [3.8, 4) is 6.07 Å². The SMILES string of the molecule is CCCS(=O)(=O)c1cccc(CCCC#N)c1. The van der Waals surface area contributed by atoms with Crippen LogP contribution in [0.2, 0.25) is 0 Å².